The van der Waals surface area contributed by atoms with E-state index >= 15 is 0 Å². The summed E-state index contributed by atoms with van der Waals surface area (Å²) in [4.78, 5) is 25.0. The fourth-order valence-corrected chi connectivity index (χ4v) is 4.07. The number of carbonyl (C=O) groups excluding carboxylic acids is 1. The Morgan fingerprint density at radius 3 is 2.44 bits per heavy atom. The minimum atomic E-state index is -0.00602. The fourth-order valence-electron chi connectivity index (χ4n) is 4.07. The summed E-state index contributed by atoms with van der Waals surface area (Å²) >= 11 is 0. The second-order valence-electron chi connectivity index (χ2n) is 7.42. The SMILES string of the molecule is CCC(C)/C(c1cccn1C=O)=c1/c(C)c(C(C)CC)c2cccn2c1=O. The first-order valence-electron chi connectivity index (χ1n) is 9.76. The van der Waals surface area contributed by atoms with Crippen LogP contribution in [-0.2, 0) is 4.79 Å². The van der Waals surface area contributed by atoms with Crippen molar-refractivity contribution in [2.75, 3.05) is 0 Å². The number of rotatable bonds is 6. The van der Waals surface area contributed by atoms with E-state index in [-0.39, 0.29) is 11.5 Å². The van der Waals surface area contributed by atoms with E-state index in [4.69, 9.17) is 0 Å². The molecule has 142 valence electrons. The molecule has 3 aromatic heterocycles. The molecule has 4 heteroatoms. The normalized spacial score (nSPS) is 15.0. The molecular weight excluding hydrogens is 336 g/mol. The molecule has 2 atom stereocenters. The maximum absolute atomic E-state index is 13.5. The number of aromatic nitrogens is 2. The average Bonchev–Trinajstić information content (AvgIpc) is 3.33. The molecule has 0 aromatic carbocycles. The largest absolute Gasteiger partial charge is 0.290 e. The monoisotopic (exact) mass is 364 g/mol. The summed E-state index contributed by atoms with van der Waals surface area (Å²) in [5.74, 6) is 0.501. The first kappa shape index (κ1) is 19.2. The third-order valence-electron chi connectivity index (χ3n) is 5.88. The minimum absolute atomic E-state index is 0.00602. The molecule has 3 rings (SSSR count). The average molecular weight is 364 g/mol. The van der Waals surface area contributed by atoms with Crippen LogP contribution >= 0.6 is 0 Å². The summed E-state index contributed by atoms with van der Waals surface area (Å²) in [6, 6.07) is 7.74. The van der Waals surface area contributed by atoms with Gasteiger partial charge in [-0.3, -0.25) is 18.6 Å². The highest BCUT2D eigenvalue weighted by Gasteiger charge is 2.21. The predicted octanol–water partition coefficient (Wildman–Crippen LogP) is 3.93. The lowest BCUT2D eigenvalue weighted by molar-refractivity contribution is 0.546. The molecule has 2 unspecified atom stereocenters. The van der Waals surface area contributed by atoms with Crippen molar-refractivity contribution < 1.29 is 4.79 Å². The van der Waals surface area contributed by atoms with Crippen LogP contribution in [0.1, 0.15) is 63.3 Å². The van der Waals surface area contributed by atoms with Crippen molar-refractivity contribution in [3.05, 3.63) is 69.1 Å². The smallest absolute Gasteiger partial charge is 0.262 e. The Morgan fingerprint density at radius 2 is 1.81 bits per heavy atom. The standard InChI is InChI=1S/C23H28N2O2/c1-6-15(3)20-17(5)22(23(27)25-13-9-11-19(20)25)21(16(4)7-2)18-10-8-12-24(18)14-26/h8-16H,6-7H2,1-5H3/b22-21+. The number of hydrogen-bond donors (Lipinski definition) is 0. The summed E-state index contributed by atoms with van der Waals surface area (Å²) in [5, 5.41) is 0.741. The van der Waals surface area contributed by atoms with Crippen molar-refractivity contribution in [1.29, 1.82) is 0 Å². The van der Waals surface area contributed by atoms with E-state index in [0.717, 1.165) is 46.8 Å². The van der Waals surface area contributed by atoms with E-state index in [1.54, 1.807) is 15.2 Å². The summed E-state index contributed by atoms with van der Waals surface area (Å²) in [6.07, 6.45) is 6.29. The lowest BCUT2D eigenvalue weighted by atomic mass is 9.88. The topological polar surface area (TPSA) is 43.5 Å². The molecule has 27 heavy (non-hydrogen) atoms. The third kappa shape index (κ3) is 3.03. The Bertz CT molecular complexity index is 1090. The van der Waals surface area contributed by atoms with Crippen LogP contribution in [0.25, 0.3) is 11.1 Å². The van der Waals surface area contributed by atoms with Crippen molar-refractivity contribution in [2.45, 2.75) is 53.4 Å². The highest BCUT2D eigenvalue weighted by Crippen LogP contribution is 2.28. The van der Waals surface area contributed by atoms with Crippen molar-refractivity contribution in [1.82, 2.24) is 8.97 Å². The minimum Gasteiger partial charge on any atom is -0.290 e. The van der Waals surface area contributed by atoms with Gasteiger partial charge in [0.1, 0.15) is 0 Å². The van der Waals surface area contributed by atoms with Crippen molar-refractivity contribution in [3.8, 4) is 0 Å². The van der Waals surface area contributed by atoms with Crippen molar-refractivity contribution in [3.63, 3.8) is 0 Å². The van der Waals surface area contributed by atoms with Gasteiger partial charge in [0.15, 0.2) is 0 Å². The van der Waals surface area contributed by atoms with E-state index in [9.17, 15) is 9.59 Å². The lowest BCUT2D eigenvalue weighted by Crippen LogP contribution is -2.38. The zero-order valence-electron chi connectivity index (χ0n) is 16.8. The molecule has 3 heterocycles. The van der Waals surface area contributed by atoms with Gasteiger partial charge in [-0.2, -0.15) is 0 Å². The van der Waals surface area contributed by atoms with Crippen LogP contribution in [0.4, 0.5) is 0 Å². The molecule has 0 radical (unpaired) electrons. The Hall–Kier alpha value is -2.62. The Morgan fingerprint density at radius 1 is 1.11 bits per heavy atom. The number of pyridine rings is 1. The van der Waals surface area contributed by atoms with E-state index in [2.05, 4.69) is 34.6 Å². The van der Waals surface area contributed by atoms with Crippen LogP contribution in [0, 0.1) is 12.8 Å². The van der Waals surface area contributed by atoms with Gasteiger partial charge in [-0.05, 0) is 72.6 Å². The van der Waals surface area contributed by atoms with Crippen LogP contribution in [0.15, 0.2) is 41.5 Å². The molecule has 0 aliphatic rings. The second kappa shape index (κ2) is 7.55. The number of nitrogens with zero attached hydrogens (tertiary/aromatic N) is 2. The van der Waals surface area contributed by atoms with E-state index in [1.165, 1.54) is 5.56 Å². The first-order valence-corrected chi connectivity index (χ1v) is 9.76. The highest BCUT2D eigenvalue weighted by atomic mass is 16.1. The molecule has 0 bridgehead atoms. The number of fused-ring (bicyclic) bond motifs is 1. The van der Waals surface area contributed by atoms with Gasteiger partial charge >= 0.3 is 0 Å². The summed E-state index contributed by atoms with van der Waals surface area (Å²) in [5.41, 5.74) is 5.01. The summed E-state index contributed by atoms with van der Waals surface area (Å²) < 4.78 is 3.34. The van der Waals surface area contributed by atoms with Gasteiger partial charge in [0.05, 0.1) is 11.2 Å². The molecule has 0 saturated heterocycles. The van der Waals surface area contributed by atoms with Crippen LogP contribution < -0.4 is 10.8 Å². The summed E-state index contributed by atoms with van der Waals surface area (Å²) in [6.45, 7) is 10.7. The Balaban J connectivity index is 2.59. The van der Waals surface area contributed by atoms with Crippen LogP contribution in [0.3, 0.4) is 0 Å². The van der Waals surface area contributed by atoms with Crippen LogP contribution in [0.2, 0.25) is 0 Å². The van der Waals surface area contributed by atoms with Crippen molar-refractivity contribution in [2.24, 2.45) is 5.92 Å². The molecule has 4 nitrogen and oxygen atoms in total. The summed E-state index contributed by atoms with van der Waals surface area (Å²) in [7, 11) is 0. The Kier molecular flexibility index (Phi) is 5.36. The van der Waals surface area contributed by atoms with Gasteiger partial charge in [-0.1, -0.05) is 27.7 Å². The number of carbonyl (C=O) groups is 1. The molecule has 0 aliphatic carbocycles. The molecular formula is C23H28N2O2. The molecule has 0 fully saturated rings. The van der Waals surface area contributed by atoms with Crippen LogP contribution in [-0.4, -0.2) is 15.4 Å². The Labute approximate surface area is 160 Å². The maximum atomic E-state index is 13.5. The quantitative estimate of drug-likeness (QED) is 0.622. The van der Waals surface area contributed by atoms with E-state index in [0.29, 0.717) is 5.92 Å². The van der Waals surface area contributed by atoms with Gasteiger partial charge in [0.25, 0.3) is 5.56 Å². The van der Waals surface area contributed by atoms with Crippen LogP contribution in [0.5, 0.6) is 0 Å². The third-order valence-corrected chi connectivity index (χ3v) is 5.88. The zero-order valence-corrected chi connectivity index (χ0v) is 16.8. The van der Waals surface area contributed by atoms with Gasteiger partial charge in [-0.15, -0.1) is 0 Å². The zero-order chi connectivity index (χ0) is 19.7. The lowest BCUT2D eigenvalue weighted by Gasteiger charge is -2.20. The molecule has 0 saturated carbocycles. The maximum Gasteiger partial charge on any atom is 0.262 e. The number of hydrogen-bond acceptors (Lipinski definition) is 2. The molecule has 3 aromatic rings. The van der Waals surface area contributed by atoms with E-state index in [1.807, 2.05) is 30.5 Å². The van der Waals surface area contributed by atoms with Gasteiger partial charge in [0, 0.05) is 17.6 Å². The molecule has 0 spiro atoms. The first-order chi connectivity index (χ1) is 13.0. The molecule has 0 N–H and O–H groups in total. The highest BCUT2D eigenvalue weighted by molar-refractivity contribution is 5.73. The molecule has 0 aliphatic heterocycles. The second-order valence-corrected chi connectivity index (χ2v) is 7.42. The van der Waals surface area contributed by atoms with Gasteiger partial charge < -0.3 is 0 Å². The van der Waals surface area contributed by atoms with E-state index < -0.39 is 0 Å². The van der Waals surface area contributed by atoms with Crippen molar-refractivity contribution >= 4 is 17.5 Å². The fraction of sp³-hybridized carbons (Fsp3) is 0.391. The predicted molar refractivity (Wildman–Crippen MR) is 111 cm³/mol. The van der Waals surface area contributed by atoms with Gasteiger partial charge in [0.2, 0.25) is 6.41 Å². The van der Waals surface area contributed by atoms with Gasteiger partial charge in [-0.25, -0.2) is 0 Å². The molecule has 0 amide bonds.